The molecule has 0 fully saturated rings. The summed E-state index contributed by atoms with van der Waals surface area (Å²) in [6.07, 6.45) is 0. The Morgan fingerprint density at radius 3 is 2.28 bits per heavy atom. The Hall–Kier alpha value is -2.27. The average Bonchev–Trinajstić information content (AvgIpc) is 2.42. The minimum atomic E-state index is -0.225. The SMILES string of the molecule is COc1ccc(C(C#N)c2ccccc2C)cc1. The largest absolute Gasteiger partial charge is 0.497 e. The molecule has 0 saturated carbocycles. The normalized spacial score (nSPS) is 11.6. The maximum absolute atomic E-state index is 9.40. The van der Waals surface area contributed by atoms with Crippen molar-refractivity contribution in [3.8, 4) is 11.8 Å². The first kappa shape index (κ1) is 12.2. The Morgan fingerprint density at radius 1 is 1.06 bits per heavy atom. The molecule has 0 aliphatic rings. The Morgan fingerprint density at radius 2 is 1.72 bits per heavy atom. The Kier molecular flexibility index (Phi) is 3.64. The molecule has 0 aliphatic carbocycles. The molecule has 0 radical (unpaired) electrons. The minimum Gasteiger partial charge on any atom is -0.497 e. The zero-order chi connectivity index (χ0) is 13.0. The molecule has 2 aromatic rings. The highest BCUT2D eigenvalue weighted by atomic mass is 16.5. The van der Waals surface area contributed by atoms with Gasteiger partial charge in [-0.3, -0.25) is 0 Å². The van der Waals surface area contributed by atoms with Crippen LogP contribution in [0.1, 0.15) is 22.6 Å². The third-order valence-electron chi connectivity index (χ3n) is 3.08. The lowest BCUT2D eigenvalue weighted by Gasteiger charge is -2.13. The van der Waals surface area contributed by atoms with Gasteiger partial charge in [-0.2, -0.15) is 5.26 Å². The van der Waals surface area contributed by atoms with Crippen LogP contribution in [-0.2, 0) is 0 Å². The summed E-state index contributed by atoms with van der Waals surface area (Å²) in [6, 6.07) is 18.0. The van der Waals surface area contributed by atoms with E-state index in [1.807, 2.05) is 55.5 Å². The average molecular weight is 237 g/mol. The summed E-state index contributed by atoms with van der Waals surface area (Å²) in [6.45, 7) is 2.03. The predicted molar refractivity (Wildman–Crippen MR) is 71.6 cm³/mol. The minimum absolute atomic E-state index is 0.225. The van der Waals surface area contributed by atoms with Gasteiger partial charge in [-0.15, -0.1) is 0 Å². The fraction of sp³-hybridized carbons (Fsp3) is 0.188. The van der Waals surface area contributed by atoms with Crippen LogP contribution >= 0.6 is 0 Å². The summed E-state index contributed by atoms with van der Waals surface area (Å²) in [7, 11) is 1.64. The van der Waals surface area contributed by atoms with E-state index in [2.05, 4.69) is 6.07 Å². The number of benzene rings is 2. The zero-order valence-corrected chi connectivity index (χ0v) is 10.6. The van der Waals surface area contributed by atoms with Crippen molar-refractivity contribution in [2.24, 2.45) is 0 Å². The molecule has 1 atom stereocenters. The van der Waals surface area contributed by atoms with Crippen LogP contribution in [0.2, 0.25) is 0 Å². The van der Waals surface area contributed by atoms with E-state index < -0.39 is 0 Å². The number of rotatable bonds is 3. The predicted octanol–water partition coefficient (Wildman–Crippen LogP) is 3.66. The van der Waals surface area contributed by atoms with Crippen molar-refractivity contribution in [3.63, 3.8) is 0 Å². The Labute approximate surface area is 107 Å². The van der Waals surface area contributed by atoms with E-state index in [9.17, 15) is 5.26 Å². The molecule has 90 valence electrons. The van der Waals surface area contributed by atoms with E-state index >= 15 is 0 Å². The summed E-state index contributed by atoms with van der Waals surface area (Å²) in [5.74, 6) is 0.581. The first-order chi connectivity index (χ1) is 8.76. The molecular formula is C16H15NO. The fourth-order valence-electron chi connectivity index (χ4n) is 2.03. The van der Waals surface area contributed by atoms with Crippen molar-refractivity contribution in [1.29, 1.82) is 5.26 Å². The third-order valence-corrected chi connectivity index (χ3v) is 3.08. The van der Waals surface area contributed by atoms with Crippen LogP contribution < -0.4 is 4.74 Å². The molecule has 0 amide bonds. The van der Waals surface area contributed by atoms with Crippen LogP contribution in [0.4, 0.5) is 0 Å². The lowest BCUT2D eigenvalue weighted by atomic mass is 9.90. The third kappa shape index (κ3) is 2.36. The molecule has 18 heavy (non-hydrogen) atoms. The highest BCUT2D eigenvalue weighted by Crippen LogP contribution is 2.27. The highest BCUT2D eigenvalue weighted by molar-refractivity contribution is 5.43. The molecule has 0 heterocycles. The quantitative estimate of drug-likeness (QED) is 0.816. The number of ether oxygens (including phenoxy) is 1. The van der Waals surface area contributed by atoms with Crippen molar-refractivity contribution in [2.75, 3.05) is 7.11 Å². The van der Waals surface area contributed by atoms with Crippen molar-refractivity contribution in [1.82, 2.24) is 0 Å². The second-order valence-corrected chi connectivity index (χ2v) is 4.19. The van der Waals surface area contributed by atoms with E-state index in [1.165, 1.54) is 0 Å². The molecule has 2 nitrogen and oxygen atoms in total. The number of methoxy groups -OCH3 is 1. The standard InChI is InChI=1S/C16H15NO/c1-12-5-3-4-6-15(12)16(11-17)13-7-9-14(18-2)10-8-13/h3-10,16H,1-2H3. The molecule has 0 aromatic heterocycles. The van der Waals surface area contributed by atoms with Gasteiger partial charge < -0.3 is 4.74 Å². The van der Waals surface area contributed by atoms with Gasteiger partial charge >= 0.3 is 0 Å². The van der Waals surface area contributed by atoms with Crippen molar-refractivity contribution >= 4 is 0 Å². The van der Waals surface area contributed by atoms with Crippen LogP contribution in [0.3, 0.4) is 0 Å². The van der Waals surface area contributed by atoms with Crippen molar-refractivity contribution in [2.45, 2.75) is 12.8 Å². The van der Waals surface area contributed by atoms with Crippen LogP contribution in [0.25, 0.3) is 0 Å². The number of nitrogens with zero attached hydrogens (tertiary/aromatic N) is 1. The van der Waals surface area contributed by atoms with Gasteiger partial charge in [-0.25, -0.2) is 0 Å². The van der Waals surface area contributed by atoms with E-state index in [4.69, 9.17) is 4.74 Å². The molecule has 1 unspecified atom stereocenters. The number of hydrogen-bond acceptors (Lipinski definition) is 2. The molecule has 0 aliphatic heterocycles. The maximum Gasteiger partial charge on any atom is 0.118 e. The topological polar surface area (TPSA) is 33.0 Å². The highest BCUT2D eigenvalue weighted by Gasteiger charge is 2.14. The molecule has 0 bridgehead atoms. The van der Waals surface area contributed by atoms with Crippen molar-refractivity contribution in [3.05, 3.63) is 65.2 Å². The van der Waals surface area contributed by atoms with Crippen LogP contribution in [-0.4, -0.2) is 7.11 Å². The first-order valence-electron chi connectivity index (χ1n) is 5.85. The Balaban J connectivity index is 2.40. The molecule has 0 saturated heterocycles. The van der Waals surface area contributed by atoms with E-state index in [0.717, 1.165) is 22.4 Å². The van der Waals surface area contributed by atoms with Gasteiger partial charge in [-0.05, 0) is 35.7 Å². The lowest BCUT2D eigenvalue weighted by molar-refractivity contribution is 0.414. The molecular weight excluding hydrogens is 222 g/mol. The molecule has 0 spiro atoms. The molecule has 2 rings (SSSR count). The van der Waals surface area contributed by atoms with Crippen LogP contribution in [0.5, 0.6) is 5.75 Å². The van der Waals surface area contributed by atoms with Gasteiger partial charge in [-0.1, -0.05) is 36.4 Å². The second-order valence-electron chi connectivity index (χ2n) is 4.19. The van der Waals surface area contributed by atoms with Gasteiger partial charge in [0, 0.05) is 0 Å². The van der Waals surface area contributed by atoms with Gasteiger partial charge in [0.1, 0.15) is 5.75 Å². The summed E-state index contributed by atoms with van der Waals surface area (Å²) in [5, 5.41) is 9.40. The number of hydrogen-bond donors (Lipinski definition) is 0. The number of nitriles is 1. The molecule has 2 aromatic carbocycles. The van der Waals surface area contributed by atoms with E-state index in [1.54, 1.807) is 7.11 Å². The van der Waals surface area contributed by atoms with Gasteiger partial charge in [0.25, 0.3) is 0 Å². The zero-order valence-electron chi connectivity index (χ0n) is 10.6. The van der Waals surface area contributed by atoms with Gasteiger partial charge in [0.2, 0.25) is 0 Å². The summed E-state index contributed by atoms with van der Waals surface area (Å²) >= 11 is 0. The summed E-state index contributed by atoms with van der Waals surface area (Å²) in [5.41, 5.74) is 3.19. The second kappa shape index (κ2) is 5.37. The lowest BCUT2D eigenvalue weighted by Crippen LogP contribution is -2.00. The van der Waals surface area contributed by atoms with E-state index in [-0.39, 0.29) is 5.92 Å². The molecule has 2 heteroatoms. The maximum atomic E-state index is 9.40. The fourth-order valence-corrected chi connectivity index (χ4v) is 2.03. The van der Waals surface area contributed by atoms with Crippen LogP contribution in [0, 0.1) is 18.3 Å². The van der Waals surface area contributed by atoms with E-state index in [0.29, 0.717) is 0 Å². The van der Waals surface area contributed by atoms with Gasteiger partial charge in [0.15, 0.2) is 0 Å². The monoisotopic (exact) mass is 237 g/mol. The number of aryl methyl sites for hydroxylation is 1. The molecule has 0 N–H and O–H groups in total. The first-order valence-corrected chi connectivity index (χ1v) is 5.85. The van der Waals surface area contributed by atoms with Gasteiger partial charge in [0.05, 0.1) is 19.1 Å². The summed E-state index contributed by atoms with van der Waals surface area (Å²) < 4.78 is 5.13. The Bertz CT molecular complexity index is 566. The van der Waals surface area contributed by atoms with Crippen LogP contribution in [0.15, 0.2) is 48.5 Å². The summed E-state index contributed by atoms with van der Waals surface area (Å²) in [4.78, 5) is 0. The smallest absolute Gasteiger partial charge is 0.118 e. The van der Waals surface area contributed by atoms with Crippen molar-refractivity contribution < 1.29 is 4.74 Å².